The van der Waals surface area contributed by atoms with Crippen LogP contribution in [0.2, 0.25) is 5.02 Å². The number of hydrogen-bond acceptors (Lipinski definition) is 3. The Morgan fingerprint density at radius 3 is 2.65 bits per heavy atom. The van der Waals surface area contributed by atoms with E-state index in [2.05, 4.69) is 5.32 Å². The molecule has 4 nitrogen and oxygen atoms in total. The molecule has 0 unspecified atom stereocenters. The molecule has 0 saturated carbocycles. The lowest BCUT2D eigenvalue weighted by Crippen LogP contribution is -2.25. The number of benzene rings is 2. The van der Waals surface area contributed by atoms with Crippen molar-refractivity contribution in [2.75, 3.05) is 0 Å². The van der Waals surface area contributed by atoms with Gasteiger partial charge in [0.15, 0.2) is 0 Å². The summed E-state index contributed by atoms with van der Waals surface area (Å²) in [6, 6.07) is 14.9. The molecule has 0 spiro atoms. The second-order valence-electron chi connectivity index (χ2n) is 5.14. The van der Waals surface area contributed by atoms with Crippen LogP contribution in [0.25, 0.3) is 10.2 Å². The maximum atomic E-state index is 12.0. The number of halogens is 1. The molecule has 0 radical (unpaired) electrons. The molecule has 3 rings (SSSR count). The second-order valence-corrected chi connectivity index (χ2v) is 6.57. The number of hydrogen-bond donors (Lipinski definition) is 1. The first-order chi connectivity index (χ1) is 11.1. The van der Waals surface area contributed by atoms with Gasteiger partial charge in [0.1, 0.15) is 0 Å². The average molecular weight is 347 g/mol. The summed E-state index contributed by atoms with van der Waals surface area (Å²) in [6.07, 6.45) is 0.272. The number of fused-ring (bicyclic) bond motifs is 1. The van der Waals surface area contributed by atoms with Gasteiger partial charge in [-0.3, -0.25) is 14.2 Å². The largest absolute Gasteiger partial charge is 0.352 e. The van der Waals surface area contributed by atoms with Gasteiger partial charge in [0.05, 0.1) is 10.2 Å². The minimum atomic E-state index is -0.0814. The Morgan fingerprint density at radius 2 is 1.87 bits per heavy atom. The summed E-state index contributed by atoms with van der Waals surface area (Å²) in [6.45, 7) is 0.838. The number of nitrogens with zero attached hydrogens (tertiary/aromatic N) is 1. The molecule has 0 fully saturated rings. The zero-order chi connectivity index (χ0) is 16.2. The normalized spacial score (nSPS) is 10.8. The maximum Gasteiger partial charge on any atom is 0.308 e. The predicted molar refractivity (Wildman–Crippen MR) is 94.0 cm³/mol. The highest BCUT2D eigenvalue weighted by Crippen LogP contribution is 2.16. The first-order valence-corrected chi connectivity index (χ1v) is 8.42. The average Bonchev–Trinajstić information content (AvgIpc) is 2.87. The van der Waals surface area contributed by atoms with E-state index in [1.807, 2.05) is 36.4 Å². The molecule has 23 heavy (non-hydrogen) atoms. The number of aromatic nitrogens is 1. The quantitative estimate of drug-likeness (QED) is 0.769. The van der Waals surface area contributed by atoms with Gasteiger partial charge in [0, 0.05) is 24.5 Å². The molecule has 3 aromatic rings. The van der Waals surface area contributed by atoms with Gasteiger partial charge >= 0.3 is 4.87 Å². The van der Waals surface area contributed by atoms with E-state index in [1.54, 1.807) is 16.7 Å². The molecule has 1 heterocycles. The summed E-state index contributed by atoms with van der Waals surface area (Å²) in [4.78, 5) is 23.9. The fraction of sp³-hybridized carbons (Fsp3) is 0.176. The Kier molecular flexibility index (Phi) is 4.79. The van der Waals surface area contributed by atoms with Gasteiger partial charge in [-0.15, -0.1) is 0 Å². The molecule has 0 aliphatic carbocycles. The Balaban J connectivity index is 1.59. The molecule has 0 atom stereocenters. The molecular formula is C17H15ClN2O2S. The van der Waals surface area contributed by atoms with Crippen molar-refractivity contribution in [3.8, 4) is 0 Å². The summed E-state index contributed by atoms with van der Waals surface area (Å²) >= 11 is 7.03. The van der Waals surface area contributed by atoms with E-state index >= 15 is 0 Å². The molecule has 1 aromatic heterocycles. The molecule has 0 saturated heterocycles. The number of carbonyl (C=O) groups excluding carboxylic acids is 1. The number of carbonyl (C=O) groups is 1. The van der Waals surface area contributed by atoms with Gasteiger partial charge in [0.25, 0.3) is 0 Å². The van der Waals surface area contributed by atoms with Gasteiger partial charge in [-0.2, -0.15) is 0 Å². The van der Waals surface area contributed by atoms with Crippen LogP contribution in [-0.2, 0) is 17.9 Å². The van der Waals surface area contributed by atoms with Crippen molar-refractivity contribution in [1.29, 1.82) is 0 Å². The standard InChI is InChI=1S/C17H15ClN2O2S/c18-13-7-5-12(6-8-13)11-19-16(21)9-10-20-14-3-1-2-4-15(14)23-17(20)22/h1-8H,9-11H2,(H,19,21). The van der Waals surface area contributed by atoms with E-state index in [1.165, 1.54) is 11.3 Å². The number of nitrogens with one attached hydrogen (secondary N) is 1. The molecule has 0 bridgehead atoms. The predicted octanol–water partition coefficient (Wildman–Crippen LogP) is 3.42. The van der Waals surface area contributed by atoms with Crippen LogP contribution in [-0.4, -0.2) is 10.5 Å². The molecule has 0 aliphatic heterocycles. The highest BCUT2D eigenvalue weighted by atomic mass is 35.5. The Labute approximate surface area is 142 Å². The topological polar surface area (TPSA) is 51.1 Å². The van der Waals surface area contributed by atoms with Crippen molar-refractivity contribution in [3.05, 3.63) is 68.8 Å². The highest BCUT2D eigenvalue weighted by molar-refractivity contribution is 7.16. The second kappa shape index (κ2) is 6.98. The molecule has 2 aromatic carbocycles. The van der Waals surface area contributed by atoms with Gasteiger partial charge in [-0.25, -0.2) is 0 Å². The van der Waals surface area contributed by atoms with E-state index in [-0.39, 0.29) is 17.2 Å². The van der Waals surface area contributed by atoms with E-state index in [0.717, 1.165) is 15.8 Å². The van der Waals surface area contributed by atoms with Crippen LogP contribution in [0, 0.1) is 0 Å². The van der Waals surface area contributed by atoms with Crippen LogP contribution >= 0.6 is 22.9 Å². The van der Waals surface area contributed by atoms with Crippen molar-refractivity contribution in [1.82, 2.24) is 9.88 Å². The minimum absolute atomic E-state index is 0.0308. The third kappa shape index (κ3) is 3.81. The fourth-order valence-corrected chi connectivity index (χ4v) is 3.37. The zero-order valence-electron chi connectivity index (χ0n) is 12.3. The van der Waals surface area contributed by atoms with Gasteiger partial charge < -0.3 is 5.32 Å². The monoisotopic (exact) mass is 346 g/mol. The summed E-state index contributed by atoms with van der Waals surface area (Å²) in [5.41, 5.74) is 1.87. The Bertz CT molecular complexity index is 883. The summed E-state index contributed by atoms with van der Waals surface area (Å²) in [5.74, 6) is -0.0814. The van der Waals surface area contributed by atoms with E-state index < -0.39 is 0 Å². The molecule has 118 valence electrons. The zero-order valence-corrected chi connectivity index (χ0v) is 13.9. The van der Waals surface area contributed by atoms with Crippen LogP contribution in [0.4, 0.5) is 0 Å². The highest BCUT2D eigenvalue weighted by Gasteiger charge is 2.09. The SMILES string of the molecule is O=C(CCn1c(=O)sc2ccccc21)NCc1ccc(Cl)cc1. The van der Waals surface area contributed by atoms with Crippen LogP contribution in [0.15, 0.2) is 53.3 Å². The van der Waals surface area contributed by atoms with Crippen molar-refractivity contribution in [2.24, 2.45) is 0 Å². The number of rotatable bonds is 5. The first kappa shape index (κ1) is 15.8. The van der Waals surface area contributed by atoms with Gasteiger partial charge in [-0.05, 0) is 29.8 Å². The summed E-state index contributed by atoms with van der Waals surface area (Å²) < 4.78 is 2.60. The maximum absolute atomic E-state index is 12.0. The van der Waals surface area contributed by atoms with Crippen LogP contribution in [0.3, 0.4) is 0 Å². The van der Waals surface area contributed by atoms with E-state index in [0.29, 0.717) is 18.1 Å². The van der Waals surface area contributed by atoms with Gasteiger partial charge in [0.2, 0.25) is 5.91 Å². The Hall–Kier alpha value is -2.11. The number of amides is 1. The van der Waals surface area contributed by atoms with E-state index in [9.17, 15) is 9.59 Å². The minimum Gasteiger partial charge on any atom is -0.352 e. The Morgan fingerprint density at radius 1 is 1.13 bits per heavy atom. The van der Waals surface area contributed by atoms with Crippen molar-refractivity contribution in [3.63, 3.8) is 0 Å². The van der Waals surface area contributed by atoms with Crippen LogP contribution in [0.5, 0.6) is 0 Å². The van der Waals surface area contributed by atoms with Gasteiger partial charge in [-0.1, -0.05) is 47.2 Å². The van der Waals surface area contributed by atoms with Crippen molar-refractivity contribution >= 4 is 39.1 Å². The number of para-hydroxylation sites is 1. The fourth-order valence-electron chi connectivity index (χ4n) is 2.33. The lowest BCUT2D eigenvalue weighted by atomic mass is 10.2. The molecular weight excluding hydrogens is 332 g/mol. The molecule has 0 aliphatic rings. The number of aryl methyl sites for hydroxylation is 1. The lowest BCUT2D eigenvalue weighted by molar-refractivity contribution is -0.121. The van der Waals surface area contributed by atoms with Crippen LogP contribution in [0.1, 0.15) is 12.0 Å². The van der Waals surface area contributed by atoms with E-state index in [4.69, 9.17) is 11.6 Å². The summed E-state index contributed by atoms with van der Waals surface area (Å²) in [5, 5.41) is 3.52. The van der Waals surface area contributed by atoms with Crippen molar-refractivity contribution < 1.29 is 4.79 Å². The lowest BCUT2D eigenvalue weighted by Gasteiger charge is -2.06. The summed E-state index contributed by atoms with van der Waals surface area (Å²) in [7, 11) is 0. The molecule has 6 heteroatoms. The van der Waals surface area contributed by atoms with Crippen molar-refractivity contribution in [2.45, 2.75) is 19.5 Å². The molecule has 1 N–H and O–H groups in total. The third-order valence-electron chi connectivity index (χ3n) is 3.54. The first-order valence-electron chi connectivity index (χ1n) is 7.23. The number of thiazole rings is 1. The van der Waals surface area contributed by atoms with Crippen LogP contribution < -0.4 is 10.2 Å². The smallest absolute Gasteiger partial charge is 0.308 e. The molecule has 1 amide bonds. The third-order valence-corrected chi connectivity index (χ3v) is 4.75.